The molecule has 6 heteroatoms. The minimum atomic E-state index is -0.411. The van der Waals surface area contributed by atoms with E-state index in [0.29, 0.717) is 12.1 Å². The lowest BCUT2D eigenvalue weighted by atomic mass is 9.96. The number of nitrogens with zero attached hydrogens (tertiary/aromatic N) is 3. The predicted octanol–water partition coefficient (Wildman–Crippen LogP) is 5.11. The molecule has 0 aliphatic heterocycles. The molecule has 4 rings (SSSR count). The Morgan fingerprint density at radius 2 is 1.94 bits per heavy atom. The molecule has 0 spiro atoms. The van der Waals surface area contributed by atoms with Crippen molar-refractivity contribution in [1.82, 2.24) is 14.5 Å². The van der Waals surface area contributed by atoms with Crippen molar-refractivity contribution in [3.63, 3.8) is 0 Å². The quantitative estimate of drug-likeness (QED) is 0.326. The lowest BCUT2D eigenvalue weighted by Crippen LogP contribution is -2.04. The molecule has 0 aliphatic carbocycles. The Morgan fingerprint density at radius 1 is 1.10 bits per heavy atom. The largest absolute Gasteiger partial charge is 0.465 e. The van der Waals surface area contributed by atoms with E-state index in [1.54, 1.807) is 43.1 Å². The van der Waals surface area contributed by atoms with Crippen molar-refractivity contribution in [3.05, 3.63) is 108 Å². The molecule has 0 radical (unpaired) electrons. The van der Waals surface area contributed by atoms with E-state index in [2.05, 4.69) is 9.97 Å². The third kappa shape index (κ3) is 4.75. The first-order chi connectivity index (χ1) is 15.1. The van der Waals surface area contributed by atoms with Crippen molar-refractivity contribution in [2.24, 2.45) is 0 Å². The highest BCUT2D eigenvalue weighted by Crippen LogP contribution is 2.28. The minimum Gasteiger partial charge on any atom is -0.465 e. The van der Waals surface area contributed by atoms with E-state index in [0.717, 1.165) is 27.8 Å². The standard InChI is InChI=1S/C25H20FN3O2/c1-31-25(30)23-9-4-18(14-24(23)20-3-2-10-27-15-20)13-21(16-29-12-11-28-17-29)19-5-7-22(26)8-6-19/h2-15,17H,16H2,1H3. The van der Waals surface area contributed by atoms with Crippen LogP contribution in [-0.4, -0.2) is 27.6 Å². The molecule has 0 amide bonds. The number of halogens is 1. The van der Waals surface area contributed by atoms with Gasteiger partial charge < -0.3 is 9.30 Å². The van der Waals surface area contributed by atoms with Crippen LogP contribution in [0, 0.1) is 5.82 Å². The predicted molar refractivity (Wildman–Crippen MR) is 118 cm³/mol. The highest BCUT2D eigenvalue weighted by atomic mass is 19.1. The lowest BCUT2D eigenvalue weighted by Gasteiger charge is -2.12. The highest BCUT2D eigenvalue weighted by molar-refractivity contribution is 5.98. The second-order valence-electron chi connectivity index (χ2n) is 6.95. The van der Waals surface area contributed by atoms with Gasteiger partial charge in [0.2, 0.25) is 0 Å². The number of carbonyl (C=O) groups is 1. The van der Waals surface area contributed by atoms with Crippen LogP contribution in [0.1, 0.15) is 21.5 Å². The van der Waals surface area contributed by atoms with Crippen LogP contribution in [-0.2, 0) is 11.3 Å². The van der Waals surface area contributed by atoms with E-state index in [1.165, 1.54) is 19.2 Å². The van der Waals surface area contributed by atoms with Gasteiger partial charge in [-0.25, -0.2) is 14.2 Å². The van der Waals surface area contributed by atoms with Gasteiger partial charge in [-0.05, 0) is 58.7 Å². The summed E-state index contributed by atoms with van der Waals surface area (Å²) in [5.41, 5.74) is 4.78. The molecule has 0 saturated carbocycles. The first kappa shape index (κ1) is 20.2. The highest BCUT2D eigenvalue weighted by Gasteiger charge is 2.14. The van der Waals surface area contributed by atoms with Gasteiger partial charge in [0.05, 0.1) is 19.0 Å². The number of hydrogen-bond acceptors (Lipinski definition) is 4. The number of allylic oxidation sites excluding steroid dienone is 1. The molecule has 0 atom stereocenters. The Balaban J connectivity index is 1.81. The van der Waals surface area contributed by atoms with Crippen LogP contribution < -0.4 is 0 Å². The second kappa shape index (κ2) is 9.17. The Kier molecular flexibility index (Phi) is 5.98. The molecular weight excluding hydrogens is 393 g/mol. The van der Waals surface area contributed by atoms with Crippen LogP contribution in [0.2, 0.25) is 0 Å². The number of pyridine rings is 1. The number of carbonyl (C=O) groups excluding carboxylic acids is 1. The van der Waals surface area contributed by atoms with Gasteiger partial charge in [-0.2, -0.15) is 0 Å². The number of rotatable bonds is 6. The summed E-state index contributed by atoms with van der Waals surface area (Å²) in [5, 5.41) is 0. The first-order valence-electron chi connectivity index (χ1n) is 9.69. The van der Waals surface area contributed by atoms with Crippen molar-refractivity contribution in [1.29, 1.82) is 0 Å². The molecule has 154 valence electrons. The number of hydrogen-bond donors (Lipinski definition) is 0. The van der Waals surface area contributed by atoms with Crippen LogP contribution in [0.15, 0.2) is 85.7 Å². The average Bonchev–Trinajstić information content (AvgIpc) is 3.32. The molecule has 4 aromatic rings. The summed E-state index contributed by atoms with van der Waals surface area (Å²) in [5.74, 6) is -0.696. The Hall–Kier alpha value is -4.06. The van der Waals surface area contributed by atoms with Gasteiger partial charge in [0.1, 0.15) is 5.82 Å². The zero-order valence-corrected chi connectivity index (χ0v) is 16.9. The normalized spacial score (nSPS) is 11.4. The van der Waals surface area contributed by atoms with Crippen LogP contribution in [0.25, 0.3) is 22.8 Å². The van der Waals surface area contributed by atoms with Gasteiger partial charge in [0, 0.05) is 36.9 Å². The van der Waals surface area contributed by atoms with Crippen LogP contribution in [0.3, 0.4) is 0 Å². The van der Waals surface area contributed by atoms with Gasteiger partial charge >= 0.3 is 5.97 Å². The van der Waals surface area contributed by atoms with Crippen molar-refractivity contribution in [2.45, 2.75) is 6.54 Å². The van der Waals surface area contributed by atoms with Gasteiger partial charge in [-0.15, -0.1) is 0 Å². The van der Waals surface area contributed by atoms with Crippen molar-refractivity contribution in [2.75, 3.05) is 7.11 Å². The zero-order valence-electron chi connectivity index (χ0n) is 16.9. The van der Waals surface area contributed by atoms with E-state index in [-0.39, 0.29) is 5.82 Å². The van der Waals surface area contributed by atoms with Crippen LogP contribution in [0.5, 0.6) is 0 Å². The molecule has 0 aliphatic rings. The molecule has 0 bridgehead atoms. The molecule has 0 N–H and O–H groups in total. The number of methoxy groups -OCH3 is 1. The molecule has 0 unspecified atom stereocenters. The SMILES string of the molecule is COC(=O)c1ccc(C=C(Cn2ccnc2)c2ccc(F)cc2)cc1-c1cccnc1. The summed E-state index contributed by atoms with van der Waals surface area (Å²) in [4.78, 5) is 20.6. The van der Waals surface area contributed by atoms with Gasteiger partial charge in [0.25, 0.3) is 0 Å². The summed E-state index contributed by atoms with van der Waals surface area (Å²) in [6.45, 7) is 0.562. The van der Waals surface area contributed by atoms with Crippen molar-refractivity contribution < 1.29 is 13.9 Å². The fraction of sp³-hybridized carbons (Fsp3) is 0.0800. The van der Waals surface area contributed by atoms with Crippen molar-refractivity contribution in [3.8, 4) is 11.1 Å². The third-order valence-electron chi connectivity index (χ3n) is 4.89. The topological polar surface area (TPSA) is 57.0 Å². The van der Waals surface area contributed by atoms with E-state index in [4.69, 9.17) is 4.74 Å². The number of benzene rings is 2. The van der Waals surface area contributed by atoms with Crippen LogP contribution >= 0.6 is 0 Å². The Labute approximate surface area is 179 Å². The maximum absolute atomic E-state index is 13.5. The molecular formula is C25H20FN3O2. The third-order valence-corrected chi connectivity index (χ3v) is 4.89. The Morgan fingerprint density at radius 3 is 2.61 bits per heavy atom. The number of imidazole rings is 1. The number of esters is 1. The van der Waals surface area contributed by atoms with E-state index in [9.17, 15) is 9.18 Å². The summed E-state index contributed by atoms with van der Waals surface area (Å²) >= 11 is 0. The molecule has 31 heavy (non-hydrogen) atoms. The average molecular weight is 413 g/mol. The van der Waals surface area contributed by atoms with E-state index in [1.807, 2.05) is 41.1 Å². The van der Waals surface area contributed by atoms with Crippen molar-refractivity contribution >= 4 is 17.6 Å². The fourth-order valence-electron chi connectivity index (χ4n) is 3.36. The maximum Gasteiger partial charge on any atom is 0.338 e. The van der Waals surface area contributed by atoms with E-state index >= 15 is 0 Å². The van der Waals surface area contributed by atoms with Gasteiger partial charge in [-0.1, -0.05) is 24.3 Å². The summed E-state index contributed by atoms with van der Waals surface area (Å²) < 4.78 is 20.4. The number of ether oxygens (including phenoxy) is 1. The van der Waals surface area contributed by atoms with Crippen LogP contribution in [0.4, 0.5) is 4.39 Å². The van der Waals surface area contributed by atoms with Gasteiger partial charge in [0.15, 0.2) is 0 Å². The zero-order chi connectivity index (χ0) is 21.6. The molecule has 0 fully saturated rings. The van der Waals surface area contributed by atoms with Gasteiger partial charge in [-0.3, -0.25) is 4.98 Å². The smallest absolute Gasteiger partial charge is 0.338 e. The molecule has 2 aromatic carbocycles. The number of aromatic nitrogens is 3. The second-order valence-corrected chi connectivity index (χ2v) is 6.95. The Bertz CT molecular complexity index is 1200. The monoisotopic (exact) mass is 413 g/mol. The summed E-state index contributed by atoms with van der Waals surface area (Å²) in [6, 6.07) is 15.7. The summed E-state index contributed by atoms with van der Waals surface area (Å²) in [6.07, 6.45) is 10.7. The lowest BCUT2D eigenvalue weighted by molar-refractivity contribution is 0.0601. The molecule has 2 heterocycles. The molecule has 2 aromatic heterocycles. The first-order valence-corrected chi connectivity index (χ1v) is 9.69. The fourth-order valence-corrected chi connectivity index (χ4v) is 3.36. The minimum absolute atomic E-state index is 0.285. The van der Waals surface area contributed by atoms with E-state index < -0.39 is 5.97 Å². The molecule has 5 nitrogen and oxygen atoms in total. The summed E-state index contributed by atoms with van der Waals surface area (Å²) in [7, 11) is 1.36. The molecule has 0 saturated heterocycles. The maximum atomic E-state index is 13.5.